The fraction of sp³-hybridized carbons (Fsp3) is 0.481. The van der Waals surface area contributed by atoms with Gasteiger partial charge in [0.15, 0.2) is 0 Å². The Hall–Kier alpha value is -2.82. The molecule has 174 valence electrons. The van der Waals surface area contributed by atoms with Gasteiger partial charge in [-0.15, -0.1) is 0 Å². The average Bonchev–Trinajstić information content (AvgIpc) is 2.81. The summed E-state index contributed by atoms with van der Waals surface area (Å²) in [5, 5.41) is 2.66. The number of amides is 1. The van der Waals surface area contributed by atoms with Crippen molar-refractivity contribution in [1.82, 2.24) is 5.32 Å². The lowest BCUT2D eigenvalue weighted by atomic mass is 10.0. The van der Waals surface area contributed by atoms with Gasteiger partial charge in [-0.3, -0.25) is 4.79 Å². The zero-order valence-corrected chi connectivity index (χ0v) is 19.7. The van der Waals surface area contributed by atoms with Crippen LogP contribution in [0.25, 0.3) is 11.1 Å². The maximum Gasteiger partial charge on any atom is 0.328 e. The Morgan fingerprint density at radius 1 is 0.812 bits per heavy atom. The van der Waals surface area contributed by atoms with Crippen LogP contribution in [0.15, 0.2) is 48.5 Å². The lowest BCUT2D eigenvalue weighted by molar-refractivity contribution is -0.144. The number of unbranched alkanes of at least 4 members (excludes halogenated alkanes) is 6. The molecule has 0 aliphatic heterocycles. The van der Waals surface area contributed by atoms with E-state index in [9.17, 15) is 9.59 Å². The van der Waals surface area contributed by atoms with E-state index in [2.05, 4.69) is 12.2 Å². The SMILES string of the molecule is CCCCCCCCCOc1ccc(-c2ccc(C(=O)NC(C)C(=O)OCC)cc2)cc1. The molecule has 2 aromatic carbocycles. The van der Waals surface area contributed by atoms with Crippen molar-refractivity contribution in [2.24, 2.45) is 0 Å². The maximum absolute atomic E-state index is 12.3. The Labute approximate surface area is 192 Å². The third-order valence-corrected chi connectivity index (χ3v) is 5.34. The third kappa shape index (κ3) is 8.74. The van der Waals surface area contributed by atoms with Gasteiger partial charge >= 0.3 is 5.97 Å². The summed E-state index contributed by atoms with van der Waals surface area (Å²) < 4.78 is 10.8. The summed E-state index contributed by atoms with van der Waals surface area (Å²) in [5.74, 6) is 0.140. The Bertz CT molecular complexity index is 815. The second-order valence-corrected chi connectivity index (χ2v) is 8.02. The molecule has 5 nitrogen and oxygen atoms in total. The first-order valence-corrected chi connectivity index (χ1v) is 11.9. The summed E-state index contributed by atoms with van der Waals surface area (Å²) in [5.41, 5.74) is 2.57. The van der Waals surface area contributed by atoms with Crippen LogP contribution >= 0.6 is 0 Å². The number of hydrogen-bond acceptors (Lipinski definition) is 4. The van der Waals surface area contributed by atoms with Crippen molar-refractivity contribution in [2.45, 2.75) is 71.8 Å². The van der Waals surface area contributed by atoms with Gasteiger partial charge in [0.25, 0.3) is 5.91 Å². The van der Waals surface area contributed by atoms with Crippen LogP contribution in [-0.4, -0.2) is 31.1 Å². The van der Waals surface area contributed by atoms with E-state index in [0.29, 0.717) is 5.56 Å². The summed E-state index contributed by atoms with van der Waals surface area (Å²) in [6, 6.07) is 14.7. The van der Waals surface area contributed by atoms with E-state index < -0.39 is 12.0 Å². The van der Waals surface area contributed by atoms with E-state index in [4.69, 9.17) is 9.47 Å². The number of nitrogens with one attached hydrogen (secondary N) is 1. The highest BCUT2D eigenvalue weighted by atomic mass is 16.5. The molecule has 1 atom stereocenters. The average molecular weight is 440 g/mol. The van der Waals surface area contributed by atoms with Gasteiger partial charge in [-0.05, 0) is 55.7 Å². The highest BCUT2D eigenvalue weighted by Crippen LogP contribution is 2.23. The molecule has 0 heterocycles. The Balaban J connectivity index is 1.79. The van der Waals surface area contributed by atoms with Crippen LogP contribution in [0.4, 0.5) is 0 Å². The minimum Gasteiger partial charge on any atom is -0.494 e. The summed E-state index contributed by atoms with van der Waals surface area (Å²) in [7, 11) is 0. The molecule has 2 rings (SSSR count). The first-order valence-electron chi connectivity index (χ1n) is 11.9. The number of carbonyl (C=O) groups excluding carboxylic acids is 2. The van der Waals surface area contributed by atoms with Gasteiger partial charge in [0.05, 0.1) is 13.2 Å². The predicted octanol–water partition coefficient (Wildman–Crippen LogP) is 6.16. The highest BCUT2D eigenvalue weighted by molar-refractivity contribution is 5.97. The van der Waals surface area contributed by atoms with E-state index in [-0.39, 0.29) is 12.5 Å². The molecule has 1 amide bonds. The van der Waals surface area contributed by atoms with Gasteiger partial charge in [-0.1, -0.05) is 69.7 Å². The van der Waals surface area contributed by atoms with Crippen molar-refractivity contribution in [3.8, 4) is 16.9 Å². The minimum atomic E-state index is -0.685. The Morgan fingerprint density at radius 2 is 1.38 bits per heavy atom. The molecular formula is C27H37NO4. The topological polar surface area (TPSA) is 64.6 Å². The van der Waals surface area contributed by atoms with Gasteiger partial charge in [0.1, 0.15) is 11.8 Å². The smallest absolute Gasteiger partial charge is 0.328 e. The van der Waals surface area contributed by atoms with Crippen molar-refractivity contribution < 1.29 is 19.1 Å². The third-order valence-electron chi connectivity index (χ3n) is 5.34. The first-order chi connectivity index (χ1) is 15.5. The Kier molecular flexibility index (Phi) is 11.4. The molecule has 0 saturated carbocycles. The predicted molar refractivity (Wildman–Crippen MR) is 129 cm³/mol. The summed E-state index contributed by atoms with van der Waals surface area (Å²) in [6.07, 6.45) is 8.90. The van der Waals surface area contributed by atoms with Crippen molar-refractivity contribution in [3.05, 3.63) is 54.1 Å². The van der Waals surface area contributed by atoms with Crippen LogP contribution in [0, 0.1) is 0 Å². The van der Waals surface area contributed by atoms with Crippen LogP contribution in [0.5, 0.6) is 5.75 Å². The van der Waals surface area contributed by atoms with Crippen LogP contribution in [0.3, 0.4) is 0 Å². The van der Waals surface area contributed by atoms with Crippen LogP contribution < -0.4 is 10.1 Å². The second-order valence-electron chi connectivity index (χ2n) is 8.02. The molecule has 0 bridgehead atoms. The molecule has 0 saturated heterocycles. The van der Waals surface area contributed by atoms with Crippen LogP contribution in [0.2, 0.25) is 0 Å². The van der Waals surface area contributed by atoms with Gasteiger partial charge in [-0.25, -0.2) is 4.79 Å². The zero-order valence-electron chi connectivity index (χ0n) is 19.7. The van der Waals surface area contributed by atoms with Crippen LogP contribution in [-0.2, 0) is 9.53 Å². The molecule has 1 N–H and O–H groups in total. The van der Waals surface area contributed by atoms with Gasteiger partial charge in [-0.2, -0.15) is 0 Å². The normalized spacial score (nSPS) is 11.6. The van der Waals surface area contributed by atoms with E-state index in [1.807, 2.05) is 36.4 Å². The van der Waals surface area contributed by atoms with Crippen molar-refractivity contribution >= 4 is 11.9 Å². The van der Waals surface area contributed by atoms with Gasteiger partial charge in [0, 0.05) is 5.56 Å². The number of rotatable bonds is 14. The monoisotopic (exact) mass is 439 g/mol. The minimum absolute atomic E-state index is 0.288. The molecule has 32 heavy (non-hydrogen) atoms. The standard InChI is InChI=1S/C27H37NO4/c1-4-6-7-8-9-10-11-20-32-25-18-16-23(17-19-25)22-12-14-24(15-13-22)26(29)28-21(3)27(30)31-5-2/h12-19,21H,4-11,20H2,1-3H3,(H,28,29). The molecule has 2 aromatic rings. The van der Waals surface area contributed by atoms with Gasteiger partial charge < -0.3 is 14.8 Å². The van der Waals surface area contributed by atoms with E-state index in [0.717, 1.165) is 29.9 Å². The van der Waals surface area contributed by atoms with Crippen molar-refractivity contribution in [1.29, 1.82) is 0 Å². The first kappa shape index (κ1) is 25.4. The fourth-order valence-electron chi connectivity index (χ4n) is 3.41. The Morgan fingerprint density at radius 3 is 1.97 bits per heavy atom. The fourth-order valence-corrected chi connectivity index (χ4v) is 3.41. The lowest BCUT2D eigenvalue weighted by Crippen LogP contribution is -2.39. The number of benzene rings is 2. The molecular weight excluding hydrogens is 402 g/mol. The van der Waals surface area contributed by atoms with Crippen molar-refractivity contribution in [2.75, 3.05) is 13.2 Å². The lowest BCUT2D eigenvalue weighted by Gasteiger charge is -2.13. The number of esters is 1. The maximum atomic E-state index is 12.3. The van der Waals surface area contributed by atoms with E-state index >= 15 is 0 Å². The molecule has 0 aromatic heterocycles. The quantitative estimate of drug-likeness (QED) is 0.283. The molecule has 0 radical (unpaired) electrons. The molecule has 0 fully saturated rings. The molecule has 5 heteroatoms. The van der Waals surface area contributed by atoms with Crippen LogP contribution in [0.1, 0.15) is 76.1 Å². The highest BCUT2D eigenvalue weighted by Gasteiger charge is 2.17. The molecule has 0 spiro atoms. The molecule has 1 unspecified atom stereocenters. The number of ether oxygens (including phenoxy) is 2. The van der Waals surface area contributed by atoms with Crippen molar-refractivity contribution in [3.63, 3.8) is 0 Å². The van der Waals surface area contributed by atoms with Gasteiger partial charge in [0.2, 0.25) is 0 Å². The number of hydrogen-bond donors (Lipinski definition) is 1. The molecule has 0 aliphatic rings. The van der Waals surface area contributed by atoms with E-state index in [1.54, 1.807) is 26.0 Å². The summed E-state index contributed by atoms with van der Waals surface area (Å²) in [6.45, 7) is 6.63. The zero-order chi connectivity index (χ0) is 23.2. The largest absolute Gasteiger partial charge is 0.494 e. The van der Waals surface area contributed by atoms with E-state index in [1.165, 1.54) is 38.5 Å². The second kappa shape index (κ2) is 14.3. The summed E-state index contributed by atoms with van der Waals surface area (Å²) >= 11 is 0. The summed E-state index contributed by atoms with van der Waals surface area (Å²) in [4.78, 5) is 24.0. The number of carbonyl (C=O) groups is 2. The molecule has 0 aliphatic carbocycles.